The van der Waals surface area contributed by atoms with E-state index in [1.807, 2.05) is 13.2 Å². The van der Waals surface area contributed by atoms with Crippen LogP contribution in [0.5, 0.6) is 5.75 Å². The number of hydrogen-bond donors (Lipinski definition) is 3. The highest BCUT2D eigenvalue weighted by atomic mass is 32.2. The van der Waals surface area contributed by atoms with Gasteiger partial charge in [0.25, 0.3) is 0 Å². The minimum atomic E-state index is -0.914. The van der Waals surface area contributed by atoms with Crippen LogP contribution in [0.25, 0.3) is 0 Å². The Bertz CT molecular complexity index is 1000. The summed E-state index contributed by atoms with van der Waals surface area (Å²) in [6.07, 6.45) is 8.42. The van der Waals surface area contributed by atoms with E-state index >= 15 is 0 Å². The molecule has 3 unspecified atom stereocenters. The number of nitrogens with zero attached hydrogens (tertiary/aromatic N) is 1. The second kappa shape index (κ2) is 16.3. The van der Waals surface area contributed by atoms with Crippen molar-refractivity contribution < 1.29 is 24.2 Å². The first kappa shape index (κ1) is 34.8. The Morgan fingerprint density at radius 1 is 1.07 bits per heavy atom. The summed E-state index contributed by atoms with van der Waals surface area (Å²) in [6.45, 7) is 13.4. The molecule has 3 amide bonds. The van der Waals surface area contributed by atoms with Crippen molar-refractivity contribution in [2.24, 2.45) is 5.92 Å². The van der Waals surface area contributed by atoms with E-state index in [0.29, 0.717) is 35.6 Å². The summed E-state index contributed by atoms with van der Waals surface area (Å²) in [5.41, 5.74) is 0.554. The van der Waals surface area contributed by atoms with Crippen molar-refractivity contribution in [3.63, 3.8) is 0 Å². The summed E-state index contributed by atoms with van der Waals surface area (Å²) in [5.74, 6) is 0.670. The van der Waals surface area contributed by atoms with Gasteiger partial charge in [-0.05, 0) is 108 Å². The lowest BCUT2D eigenvalue weighted by molar-refractivity contribution is -0.145. The van der Waals surface area contributed by atoms with Crippen LogP contribution in [0.4, 0.5) is 4.79 Å². The van der Waals surface area contributed by atoms with E-state index in [1.54, 1.807) is 62.6 Å². The lowest BCUT2D eigenvalue weighted by Crippen LogP contribution is -2.56. The third-order valence-electron chi connectivity index (χ3n) is 7.51. The molecule has 3 atom stereocenters. The zero-order valence-electron chi connectivity index (χ0n) is 26.4. The maximum absolute atomic E-state index is 14.5. The van der Waals surface area contributed by atoms with Crippen LogP contribution in [-0.2, 0) is 14.3 Å². The first-order valence-electron chi connectivity index (χ1n) is 15.1. The van der Waals surface area contributed by atoms with E-state index in [2.05, 4.69) is 24.5 Å². The van der Waals surface area contributed by atoms with Gasteiger partial charge in [0, 0.05) is 12.1 Å². The SMILES string of the molecule is CSCCC(NC(=O)OC(C)(C)C)C(=O)N(C(C)CCC(C)C)C(C(=O)NC1CCCCC1)c1ccc(O)c(C)c1. The molecule has 0 spiro atoms. The number of phenols is 1. The second-order valence-electron chi connectivity index (χ2n) is 12.8. The second-order valence-corrected chi connectivity index (χ2v) is 13.8. The van der Waals surface area contributed by atoms with E-state index in [1.165, 1.54) is 0 Å². The summed E-state index contributed by atoms with van der Waals surface area (Å²) in [4.78, 5) is 43.2. The number of benzene rings is 1. The van der Waals surface area contributed by atoms with Crippen molar-refractivity contribution in [1.82, 2.24) is 15.5 Å². The Labute approximate surface area is 251 Å². The average Bonchev–Trinajstić information content (AvgIpc) is 2.89. The molecule has 1 aromatic carbocycles. The van der Waals surface area contributed by atoms with Crippen LogP contribution in [0.2, 0.25) is 0 Å². The van der Waals surface area contributed by atoms with Crippen LogP contribution < -0.4 is 10.6 Å². The number of hydrogen-bond acceptors (Lipinski definition) is 6. The molecular formula is C32H53N3O5S. The van der Waals surface area contributed by atoms with Gasteiger partial charge < -0.3 is 25.4 Å². The molecule has 3 N–H and O–H groups in total. The number of thioether (sulfide) groups is 1. The van der Waals surface area contributed by atoms with Crippen molar-refractivity contribution in [1.29, 1.82) is 0 Å². The largest absolute Gasteiger partial charge is 0.508 e. The van der Waals surface area contributed by atoms with Crippen LogP contribution in [0.15, 0.2) is 18.2 Å². The molecule has 1 aromatic rings. The third-order valence-corrected chi connectivity index (χ3v) is 8.15. The van der Waals surface area contributed by atoms with E-state index in [4.69, 9.17) is 4.74 Å². The van der Waals surface area contributed by atoms with Gasteiger partial charge in [0.15, 0.2) is 0 Å². The number of amides is 3. The molecule has 1 saturated carbocycles. The molecule has 41 heavy (non-hydrogen) atoms. The van der Waals surface area contributed by atoms with Gasteiger partial charge in [0.2, 0.25) is 11.8 Å². The Morgan fingerprint density at radius 3 is 2.29 bits per heavy atom. The number of ether oxygens (including phenoxy) is 1. The van der Waals surface area contributed by atoms with E-state index in [9.17, 15) is 19.5 Å². The van der Waals surface area contributed by atoms with Crippen molar-refractivity contribution in [2.75, 3.05) is 12.0 Å². The number of aryl methyl sites for hydroxylation is 1. The zero-order valence-corrected chi connectivity index (χ0v) is 27.2. The van der Waals surface area contributed by atoms with Gasteiger partial charge in [-0.3, -0.25) is 9.59 Å². The molecular weight excluding hydrogens is 538 g/mol. The van der Waals surface area contributed by atoms with Crippen LogP contribution in [-0.4, -0.2) is 63.6 Å². The Hall–Kier alpha value is -2.42. The minimum Gasteiger partial charge on any atom is -0.508 e. The lowest BCUT2D eigenvalue weighted by atomic mass is 9.93. The lowest BCUT2D eigenvalue weighted by Gasteiger charge is -2.39. The maximum atomic E-state index is 14.5. The summed E-state index contributed by atoms with van der Waals surface area (Å²) in [6, 6.07) is 3.10. The summed E-state index contributed by atoms with van der Waals surface area (Å²) < 4.78 is 5.50. The standard InChI is InChI=1S/C32H53N3O5S/c1-21(2)14-15-23(4)35(30(38)26(18-19-41-8)34-31(39)40-32(5,6)7)28(24-16-17-27(36)22(3)20-24)29(37)33-25-12-10-9-11-13-25/h16-17,20-21,23,25-26,28,36H,9-15,18-19H2,1-8H3,(H,33,37)(H,34,39). The van der Waals surface area contributed by atoms with Crippen molar-refractivity contribution in [3.8, 4) is 5.75 Å². The van der Waals surface area contributed by atoms with Crippen molar-refractivity contribution >= 4 is 29.7 Å². The number of carbonyl (C=O) groups excluding carboxylic acids is 3. The first-order valence-corrected chi connectivity index (χ1v) is 16.5. The normalized spacial score (nSPS) is 16.5. The van der Waals surface area contributed by atoms with Gasteiger partial charge in [-0.15, -0.1) is 0 Å². The molecule has 2 rings (SSSR count). The number of carbonyl (C=O) groups is 3. The number of aromatic hydroxyl groups is 1. The van der Waals surface area contributed by atoms with E-state index in [-0.39, 0.29) is 29.6 Å². The Morgan fingerprint density at radius 2 is 1.73 bits per heavy atom. The third kappa shape index (κ3) is 11.4. The fourth-order valence-corrected chi connectivity index (χ4v) is 5.72. The number of rotatable bonds is 13. The van der Waals surface area contributed by atoms with Gasteiger partial charge in [0.1, 0.15) is 23.4 Å². The molecule has 1 aliphatic carbocycles. The van der Waals surface area contributed by atoms with E-state index in [0.717, 1.165) is 38.5 Å². The van der Waals surface area contributed by atoms with Gasteiger partial charge in [0.05, 0.1) is 0 Å². The highest BCUT2D eigenvalue weighted by Gasteiger charge is 2.39. The molecule has 0 heterocycles. The van der Waals surface area contributed by atoms with Crippen molar-refractivity contribution in [2.45, 2.75) is 130 Å². The molecule has 0 bridgehead atoms. The smallest absolute Gasteiger partial charge is 0.408 e. The van der Waals surface area contributed by atoms with Crippen LogP contribution in [0.1, 0.15) is 110 Å². The first-order chi connectivity index (χ1) is 19.2. The zero-order chi connectivity index (χ0) is 30.7. The van der Waals surface area contributed by atoms with Gasteiger partial charge >= 0.3 is 6.09 Å². The topological polar surface area (TPSA) is 108 Å². The molecule has 0 aromatic heterocycles. The number of nitrogens with one attached hydrogen (secondary N) is 2. The molecule has 0 aliphatic heterocycles. The van der Waals surface area contributed by atoms with E-state index < -0.39 is 23.8 Å². The van der Waals surface area contributed by atoms with Crippen molar-refractivity contribution in [3.05, 3.63) is 29.3 Å². The maximum Gasteiger partial charge on any atom is 0.408 e. The predicted octanol–water partition coefficient (Wildman–Crippen LogP) is 6.49. The quantitative estimate of drug-likeness (QED) is 0.242. The molecule has 0 saturated heterocycles. The van der Waals surface area contributed by atoms with Gasteiger partial charge in [-0.25, -0.2) is 4.79 Å². The predicted molar refractivity (Wildman–Crippen MR) is 167 cm³/mol. The summed E-state index contributed by atoms with van der Waals surface area (Å²) >= 11 is 1.59. The average molecular weight is 592 g/mol. The molecule has 1 aliphatic rings. The fourth-order valence-electron chi connectivity index (χ4n) is 5.25. The summed E-state index contributed by atoms with van der Waals surface area (Å²) in [5, 5.41) is 16.3. The van der Waals surface area contributed by atoms with Gasteiger partial charge in [-0.2, -0.15) is 11.8 Å². The summed E-state index contributed by atoms with van der Waals surface area (Å²) in [7, 11) is 0. The fraction of sp³-hybridized carbons (Fsp3) is 0.719. The minimum absolute atomic E-state index is 0.0621. The van der Waals surface area contributed by atoms with Gasteiger partial charge in [-0.1, -0.05) is 39.2 Å². The molecule has 8 nitrogen and oxygen atoms in total. The highest BCUT2D eigenvalue weighted by molar-refractivity contribution is 7.98. The van der Waals surface area contributed by atoms with Crippen LogP contribution in [0, 0.1) is 12.8 Å². The molecule has 0 radical (unpaired) electrons. The molecule has 1 fully saturated rings. The molecule has 232 valence electrons. The molecule has 9 heteroatoms. The van der Waals surface area contributed by atoms with Crippen LogP contribution in [0.3, 0.4) is 0 Å². The Balaban J connectivity index is 2.57. The number of phenolic OH excluding ortho intramolecular Hbond substituents is 1. The highest BCUT2D eigenvalue weighted by Crippen LogP contribution is 2.31. The Kier molecular flexibility index (Phi) is 13.8. The number of alkyl carbamates (subject to hydrolysis) is 1. The van der Waals surface area contributed by atoms with Crippen LogP contribution >= 0.6 is 11.8 Å². The monoisotopic (exact) mass is 591 g/mol.